The highest BCUT2D eigenvalue weighted by Gasteiger charge is 2.25. The Morgan fingerprint density at radius 1 is 1.09 bits per heavy atom. The van der Waals surface area contributed by atoms with Crippen LogP contribution in [0.25, 0.3) is 0 Å². The van der Waals surface area contributed by atoms with Gasteiger partial charge in [0.1, 0.15) is 12.0 Å². The van der Waals surface area contributed by atoms with Gasteiger partial charge in [0.25, 0.3) is 0 Å². The van der Waals surface area contributed by atoms with Crippen molar-refractivity contribution in [1.82, 2.24) is 5.32 Å². The lowest BCUT2D eigenvalue weighted by Gasteiger charge is -2.15. The second kappa shape index (κ2) is 7.28. The standard InChI is InChI=1S/C17H19NO4S/c1-13-8-10-16(11-9-13)23(20,21)14(2)18-17(19)22-12-15-6-4-3-5-7-15/h3-11,14H,12H2,1-2H3,(H,18,19). The molecule has 0 bridgehead atoms. The predicted octanol–water partition coefficient (Wildman–Crippen LogP) is 3.04. The number of amides is 1. The van der Waals surface area contributed by atoms with Crippen molar-refractivity contribution in [2.45, 2.75) is 30.7 Å². The van der Waals surface area contributed by atoms with E-state index in [-0.39, 0.29) is 11.5 Å². The van der Waals surface area contributed by atoms with Crippen molar-refractivity contribution in [3.63, 3.8) is 0 Å². The molecule has 1 unspecified atom stereocenters. The van der Waals surface area contributed by atoms with Crippen LogP contribution in [0.3, 0.4) is 0 Å². The molecule has 1 N–H and O–H groups in total. The molecular formula is C17H19NO4S. The highest BCUT2D eigenvalue weighted by molar-refractivity contribution is 7.92. The van der Waals surface area contributed by atoms with Crippen molar-refractivity contribution in [3.8, 4) is 0 Å². The monoisotopic (exact) mass is 333 g/mol. The molecule has 6 heteroatoms. The summed E-state index contributed by atoms with van der Waals surface area (Å²) in [5.74, 6) is 0. The summed E-state index contributed by atoms with van der Waals surface area (Å²) in [6.07, 6.45) is -0.767. The number of rotatable bonds is 5. The van der Waals surface area contributed by atoms with Gasteiger partial charge >= 0.3 is 6.09 Å². The Kier molecular flexibility index (Phi) is 5.39. The summed E-state index contributed by atoms with van der Waals surface area (Å²) in [5, 5.41) is 1.28. The molecule has 2 rings (SSSR count). The van der Waals surface area contributed by atoms with E-state index in [1.54, 1.807) is 12.1 Å². The third-order valence-electron chi connectivity index (χ3n) is 3.35. The second-order valence-electron chi connectivity index (χ2n) is 5.21. The first-order valence-electron chi connectivity index (χ1n) is 7.17. The fraction of sp³-hybridized carbons (Fsp3) is 0.235. The Balaban J connectivity index is 1.96. The molecule has 2 aromatic rings. The topological polar surface area (TPSA) is 72.5 Å². The number of ether oxygens (including phenoxy) is 1. The highest BCUT2D eigenvalue weighted by Crippen LogP contribution is 2.15. The van der Waals surface area contributed by atoms with E-state index in [1.807, 2.05) is 37.3 Å². The van der Waals surface area contributed by atoms with Gasteiger partial charge in [-0.1, -0.05) is 48.0 Å². The Labute approximate surface area is 136 Å². The van der Waals surface area contributed by atoms with E-state index >= 15 is 0 Å². The predicted molar refractivity (Wildman–Crippen MR) is 87.6 cm³/mol. The molecule has 0 spiro atoms. The highest BCUT2D eigenvalue weighted by atomic mass is 32.2. The van der Waals surface area contributed by atoms with Crippen LogP contribution in [0.5, 0.6) is 0 Å². The van der Waals surface area contributed by atoms with Gasteiger partial charge in [-0.3, -0.25) is 0 Å². The molecule has 0 heterocycles. The lowest BCUT2D eigenvalue weighted by molar-refractivity contribution is 0.139. The molecule has 1 amide bonds. The van der Waals surface area contributed by atoms with Crippen molar-refractivity contribution in [2.75, 3.05) is 0 Å². The molecule has 0 radical (unpaired) electrons. The lowest BCUT2D eigenvalue weighted by atomic mass is 10.2. The van der Waals surface area contributed by atoms with E-state index in [0.717, 1.165) is 11.1 Å². The summed E-state index contributed by atoms with van der Waals surface area (Å²) in [4.78, 5) is 11.9. The lowest BCUT2D eigenvalue weighted by Crippen LogP contribution is -2.38. The number of carbonyl (C=O) groups excluding carboxylic acids is 1. The van der Waals surface area contributed by atoms with Gasteiger partial charge in [0.05, 0.1) is 4.90 Å². The molecule has 0 aliphatic rings. The molecule has 1 atom stereocenters. The van der Waals surface area contributed by atoms with E-state index < -0.39 is 21.3 Å². The molecule has 0 fully saturated rings. The van der Waals surface area contributed by atoms with E-state index in [0.29, 0.717) is 0 Å². The number of aryl methyl sites for hydroxylation is 1. The smallest absolute Gasteiger partial charge is 0.408 e. The van der Waals surface area contributed by atoms with Gasteiger partial charge in [-0.15, -0.1) is 0 Å². The first-order valence-corrected chi connectivity index (χ1v) is 8.72. The third-order valence-corrected chi connectivity index (χ3v) is 5.33. The molecule has 0 saturated heterocycles. The van der Waals surface area contributed by atoms with Gasteiger partial charge < -0.3 is 10.1 Å². The Morgan fingerprint density at radius 3 is 2.30 bits per heavy atom. The Bertz CT molecular complexity index is 755. The Morgan fingerprint density at radius 2 is 1.70 bits per heavy atom. The molecule has 0 saturated carbocycles. The zero-order chi connectivity index (χ0) is 16.9. The minimum Gasteiger partial charge on any atom is -0.445 e. The average Bonchev–Trinajstić information content (AvgIpc) is 2.54. The molecule has 23 heavy (non-hydrogen) atoms. The SMILES string of the molecule is Cc1ccc(S(=O)(=O)C(C)NC(=O)OCc2ccccc2)cc1. The fourth-order valence-electron chi connectivity index (χ4n) is 1.94. The molecule has 2 aromatic carbocycles. The summed E-state index contributed by atoms with van der Waals surface area (Å²) in [6, 6.07) is 15.7. The number of nitrogens with one attached hydrogen (secondary N) is 1. The van der Waals surface area contributed by atoms with Crippen molar-refractivity contribution in [3.05, 3.63) is 65.7 Å². The van der Waals surface area contributed by atoms with Crippen LogP contribution in [0.15, 0.2) is 59.5 Å². The van der Waals surface area contributed by atoms with Gasteiger partial charge in [-0.05, 0) is 31.5 Å². The summed E-state index contributed by atoms with van der Waals surface area (Å²) in [5.41, 5.74) is 1.79. The summed E-state index contributed by atoms with van der Waals surface area (Å²) in [7, 11) is -3.65. The van der Waals surface area contributed by atoms with Crippen molar-refractivity contribution < 1.29 is 17.9 Å². The van der Waals surface area contributed by atoms with E-state index in [2.05, 4.69) is 5.32 Å². The molecule has 0 aliphatic heterocycles. The van der Waals surface area contributed by atoms with Crippen LogP contribution in [-0.2, 0) is 21.2 Å². The largest absolute Gasteiger partial charge is 0.445 e. The molecule has 122 valence electrons. The number of hydrogen-bond donors (Lipinski definition) is 1. The van der Waals surface area contributed by atoms with Gasteiger partial charge in [0, 0.05) is 0 Å². The van der Waals surface area contributed by atoms with Crippen molar-refractivity contribution in [1.29, 1.82) is 0 Å². The molecule has 5 nitrogen and oxygen atoms in total. The minimum absolute atomic E-state index is 0.0873. The summed E-state index contributed by atoms with van der Waals surface area (Å²) in [6.45, 7) is 3.38. The van der Waals surface area contributed by atoms with Crippen LogP contribution >= 0.6 is 0 Å². The third kappa shape index (κ3) is 4.56. The molecule has 0 aliphatic carbocycles. The molecular weight excluding hydrogens is 314 g/mol. The molecule has 0 aromatic heterocycles. The summed E-state index contributed by atoms with van der Waals surface area (Å²) >= 11 is 0. The maximum absolute atomic E-state index is 12.4. The van der Waals surface area contributed by atoms with E-state index in [4.69, 9.17) is 4.74 Å². The zero-order valence-corrected chi connectivity index (χ0v) is 13.8. The van der Waals surface area contributed by atoms with Crippen LogP contribution in [0.2, 0.25) is 0 Å². The quantitative estimate of drug-likeness (QED) is 0.913. The summed E-state index contributed by atoms with van der Waals surface area (Å²) < 4.78 is 29.8. The van der Waals surface area contributed by atoms with E-state index in [9.17, 15) is 13.2 Å². The van der Waals surface area contributed by atoms with Gasteiger partial charge in [0.15, 0.2) is 9.84 Å². The normalized spacial score (nSPS) is 12.4. The van der Waals surface area contributed by atoms with Crippen LogP contribution < -0.4 is 5.32 Å². The maximum atomic E-state index is 12.4. The second-order valence-corrected chi connectivity index (χ2v) is 7.47. The van der Waals surface area contributed by atoms with Crippen LogP contribution in [0.4, 0.5) is 4.79 Å². The fourth-order valence-corrected chi connectivity index (χ4v) is 3.12. The zero-order valence-electron chi connectivity index (χ0n) is 13.0. The number of alkyl carbamates (subject to hydrolysis) is 1. The average molecular weight is 333 g/mol. The van der Waals surface area contributed by atoms with Gasteiger partial charge in [-0.2, -0.15) is 0 Å². The van der Waals surface area contributed by atoms with Crippen LogP contribution in [0.1, 0.15) is 18.1 Å². The number of benzene rings is 2. The van der Waals surface area contributed by atoms with E-state index in [1.165, 1.54) is 19.1 Å². The van der Waals surface area contributed by atoms with Crippen LogP contribution in [0, 0.1) is 6.92 Å². The number of sulfone groups is 1. The minimum atomic E-state index is -3.65. The van der Waals surface area contributed by atoms with Crippen LogP contribution in [-0.4, -0.2) is 19.9 Å². The van der Waals surface area contributed by atoms with Crippen molar-refractivity contribution in [2.24, 2.45) is 0 Å². The van der Waals surface area contributed by atoms with Crippen molar-refractivity contribution >= 4 is 15.9 Å². The maximum Gasteiger partial charge on any atom is 0.408 e. The van der Waals surface area contributed by atoms with Gasteiger partial charge in [0.2, 0.25) is 0 Å². The van der Waals surface area contributed by atoms with Gasteiger partial charge in [-0.25, -0.2) is 13.2 Å². The first kappa shape index (κ1) is 17.0. The Hall–Kier alpha value is -2.34. The first-order chi connectivity index (χ1) is 10.9. The number of carbonyl (C=O) groups is 1. The number of hydrogen-bond acceptors (Lipinski definition) is 4.